The molecule has 1 saturated heterocycles. The van der Waals surface area contributed by atoms with Crippen LogP contribution < -0.4 is 10.6 Å². The van der Waals surface area contributed by atoms with Crippen molar-refractivity contribution in [2.75, 3.05) is 31.5 Å². The molecule has 1 aliphatic carbocycles. The molecule has 7 heteroatoms. The highest BCUT2D eigenvalue weighted by molar-refractivity contribution is 14.0. The summed E-state index contributed by atoms with van der Waals surface area (Å²) in [5.74, 6) is 0.879. The molecule has 1 aromatic carbocycles. The molecule has 27 heavy (non-hydrogen) atoms. The van der Waals surface area contributed by atoms with Crippen LogP contribution in [0.2, 0.25) is 5.02 Å². The lowest BCUT2D eigenvalue weighted by molar-refractivity contribution is -0.116. The van der Waals surface area contributed by atoms with Crippen LogP contribution in [0, 0.1) is 12.3 Å². The van der Waals surface area contributed by atoms with Crippen LogP contribution in [-0.2, 0) is 4.79 Å². The van der Waals surface area contributed by atoms with E-state index >= 15 is 0 Å². The van der Waals surface area contributed by atoms with Crippen molar-refractivity contribution >= 4 is 53.1 Å². The number of hydrogen-bond acceptors (Lipinski definition) is 2. The summed E-state index contributed by atoms with van der Waals surface area (Å²) in [6, 6.07) is 5.63. The number of aryl methyl sites for hydroxylation is 1. The van der Waals surface area contributed by atoms with Crippen LogP contribution in [-0.4, -0.2) is 42.9 Å². The molecule has 2 N–H and O–H groups in total. The van der Waals surface area contributed by atoms with Gasteiger partial charge in [0.2, 0.25) is 5.91 Å². The lowest BCUT2D eigenvalue weighted by Crippen LogP contribution is -2.42. The number of carbonyl (C=O) groups excluding carboxylic acids is 1. The minimum absolute atomic E-state index is 0. The minimum atomic E-state index is -0.0627. The molecule has 0 bridgehead atoms. The molecule has 3 rings (SSSR count). The molecule has 1 heterocycles. The van der Waals surface area contributed by atoms with E-state index in [1.807, 2.05) is 25.1 Å². The molecule has 1 spiro atoms. The SMILES string of the molecule is CCNC(=NCCC(=O)Nc1ccc(C)cc1Cl)N1CCC2(CCC2)C1.I. The van der Waals surface area contributed by atoms with Gasteiger partial charge in [0.05, 0.1) is 17.3 Å². The molecule has 0 aromatic heterocycles. The fourth-order valence-corrected chi connectivity index (χ4v) is 4.11. The standard InChI is InChI=1S/C20H29ClN4O.HI/c1-3-22-19(25-12-10-20(14-25)8-4-9-20)23-11-7-18(26)24-17-6-5-15(2)13-16(17)21;/h5-6,13H,3-4,7-12,14H2,1-2H3,(H,22,23)(H,24,26);1H. The van der Waals surface area contributed by atoms with Crippen molar-refractivity contribution in [3.8, 4) is 0 Å². The number of carbonyl (C=O) groups is 1. The van der Waals surface area contributed by atoms with E-state index in [2.05, 4.69) is 27.4 Å². The number of hydrogen-bond donors (Lipinski definition) is 2. The van der Waals surface area contributed by atoms with Gasteiger partial charge in [-0.1, -0.05) is 24.1 Å². The molecule has 0 atom stereocenters. The number of nitrogens with zero attached hydrogens (tertiary/aromatic N) is 2. The van der Waals surface area contributed by atoms with Crippen LogP contribution in [0.25, 0.3) is 0 Å². The summed E-state index contributed by atoms with van der Waals surface area (Å²) in [4.78, 5) is 19.2. The summed E-state index contributed by atoms with van der Waals surface area (Å²) in [6.07, 6.45) is 5.68. The second-order valence-corrected chi connectivity index (χ2v) is 7.95. The Morgan fingerprint density at radius 2 is 2.11 bits per heavy atom. The van der Waals surface area contributed by atoms with Crippen molar-refractivity contribution in [1.82, 2.24) is 10.2 Å². The average molecular weight is 505 g/mol. The van der Waals surface area contributed by atoms with E-state index in [9.17, 15) is 4.79 Å². The minimum Gasteiger partial charge on any atom is -0.357 e. The highest BCUT2D eigenvalue weighted by atomic mass is 127. The molecule has 1 amide bonds. The maximum absolute atomic E-state index is 12.2. The largest absolute Gasteiger partial charge is 0.357 e. The number of anilines is 1. The molecule has 150 valence electrons. The second kappa shape index (κ2) is 9.96. The molecule has 1 aromatic rings. The van der Waals surface area contributed by atoms with E-state index in [0.717, 1.165) is 31.2 Å². The zero-order valence-electron chi connectivity index (χ0n) is 16.2. The van der Waals surface area contributed by atoms with Gasteiger partial charge in [-0.25, -0.2) is 0 Å². The van der Waals surface area contributed by atoms with Crippen molar-refractivity contribution in [3.63, 3.8) is 0 Å². The van der Waals surface area contributed by atoms with Gasteiger partial charge in [0.1, 0.15) is 0 Å². The fraction of sp³-hybridized carbons (Fsp3) is 0.600. The number of benzene rings is 1. The van der Waals surface area contributed by atoms with Crippen molar-refractivity contribution in [1.29, 1.82) is 0 Å². The normalized spacial score (nSPS) is 18.0. The third-order valence-electron chi connectivity index (χ3n) is 5.49. The van der Waals surface area contributed by atoms with Gasteiger partial charge in [-0.15, -0.1) is 24.0 Å². The van der Waals surface area contributed by atoms with Crippen LogP contribution >= 0.6 is 35.6 Å². The third-order valence-corrected chi connectivity index (χ3v) is 5.80. The number of amides is 1. The maximum Gasteiger partial charge on any atom is 0.226 e. The summed E-state index contributed by atoms with van der Waals surface area (Å²) >= 11 is 6.17. The summed E-state index contributed by atoms with van der Waals surface area (Å²) in [6.45, 7) is 7.53. The molecule has 5 nitrogen and oxygen atoms in total. The zero-order valence-corrected chi connectivity index (χ0v) is 19.3. The number of aliphatic imine (C=N–C) groups is 1. The monoisotopic (exact) mass is 504 g/mol. The Morgan fingerprint density at radius 1 is 1.33 bits per heavy atom. The number of rotatable bonds is 5. The van der Waals surface area contributed by atoms with Crippen LogP contribution in [0.3, 0.4) is 0 Å². The molecule has 2 aliphatic rings. The van der Waals surface area contributed by atoms with Gasteiger partial charge in [0.15, 0.2) is 5.96 Å². The molecule has 1 aliphatic heterocycles. The Morgan fingerprint density at radius 3 is 2.70 bits per heavy atom. The molecule has 0 radical (unpaired) electrons. The van der Waals surface area contributed by atoms with E-state index in [-0.39, 0.29) is 29.9 Å². The van der Waals surface area contributed by atoms with Crippen LogP contribution in [0.1, 0.15) is 44.6 Å². The van der Waals surface area contributed by atoms with E-state index in [1.165, 1.54) is 25.7 Å². The number of likely N-dealkylation sites (tertiary alicyclic amines) is 1. The Balaban J connectivity index is 0.00000261. The molecule has 0 unspecified atom stereocenters. The van der Waals surface area contributed by atoms with Crippen molar-refractivity contribution in [3.05, 3.63) is 28.8 Å². The van der Waals surface area contributed by atoms with Crippen LogP contribution in [0.4, 0.5) is 5.69 Å². The Kier molecular flexibility index (Phi) is 8.21. The van der Waals surface area contributed by atoms with Crippen LogP contribution in [0.5, 0.6) is 0 Å². The van der Waals surface area contributed by atoms with E-state index in [1.54, 1.807) is 0 Å². The summed E-state index contributed by atoms with van der Waals surface area (Å²) in [5, 5.41) is 6.81. The fourth-order valence-electron chi connectivity index (χ4n) is 3.82. The first-order valence-electron chi connectivity index (χ1n) is 9.61. The van der Waals surface area contributed by atoms with Gasteiger partial charge in [-0.05, 0) is 56.2 Å². The van der Waals surface area contributed by atoms with Crippen molar-refractivity contribution in [2.24, 2.45) is 10.4 Å². The van der Waals surface area contributed by atoms with E-state index in [4.69, 9.17) is 11.6 Å². The Hall–Kier alpha value is -1.02. The summed E-state index contributed by atoms with van der Waals surface area (Å²) < 4.78 is 0. The quantitative estimate of drug-likeness (QED) is 0.354. The number of guanidine groups is 1. The third kappa shape index (κ3) is 5.73. The smallest absolute Gasteiger partial charge is 0.226 e. The Bertz CT molecular complexity index is 691. The highest BCUT2D eigenvalue weighted by Crippen LogP contribution is 2.47. The van der Waals surface area contributed by atoms with Gasteiger partial charge in [-0.3, -0.25) is 9.79 Å². The number of nitrogens with one attached hydrogen (secondary N) is 2. The van der Waals surface area contributed by atoms with Gasteiger partial charge in [0.25, 0.3) is 0 Å². The van der Waals surface area contributed by atoms with Gasteiger partial charge < -0.3 is 15.5 Å². The topological polar surface area (TPSA) is 56.7 Å². The lowest BCUT2D eigenvalue weighted by Gasteiger charge is -2.38. The number of halogens is 2. The summed E-state index contributed by atoms with van der Waals surface area (Å²) in [5.41, 5.74) is 2.27. The first-order chi connectivity index (χ1) is 12.5. The predicted octanol–water partition coefficient (Wildman–Crippen LogP) is 4.44. The molecular formula is C20H30ClIN4O. The van der Waals surface area contributed by atoms with Crippen molar-refractivity contribution < 1.29 is 4.79 Å². The lowest BCUT2D eigenvalue weighted by atomic mass is 9.68. The molecule has 1 saturated carbocycles. The zero-order chi connectivity index (χ0) is 18.6. The highest BCUT2D eigenvalue weighted by Gasteiger charge is 2.43. The second-order valence-electron chi connectivity index (χ2n) is 7.54. The molecule has 2 fully saturated rings. The first-order valence-corrected chi connectivity index (χ1v) is 9.98. The van der Waals surface area contributed by atoms with Gasteiger partial charge >= 0.3 is 0 Å². The molecular weight excluding hydrogens is 475 g/mol. The van der Waals surface area contributed by atoms with Gasteiger partial charge in [-0.2, -0.15) is 0 Å². The summed E-state index contributed by atoms with van der Waals surface area (Å²) in [7, 11) is 0. The van der Waals surface area contributed by atoms with E-state index in [0.29, 0.717) is 29.1 Å². The van der Waals surface area contributed by atoms with Gasteiger partial charge in [0, 0.05) is 26.1 Å². The van der Waals surface area contributed by atoms with Crippen LogP contribution in [0.15, 0.2) is 23.2 Å². The Labute approximate surface area is 184 Å². The predicted molar refractivity (Wildman–Crippen MR) is 123 cm³/mol. The van der Waals surface area contributed by atoms with Crippen molar-refractivity contribution in [2.45, 2.75) is 46.0 Å². The average Bonchev–Trinajstić information content (AvgIpc) is 3.03. The van der Waals surface area contributed by atoms with E-state index < -0.39 is 0 Å². The first kappa shape index (κ1) is 22.3. The maximum atomic E-state index is 12.2.